The summed E-state index contributed by atoms with van der Waals surface area (Å²) in [5, 5.41) is 11.5. The first kappa shape index (κ1) is 11.9. The Balaban J connectivity index is 2.13. The maximum atomic E-state index is 4.11. The number of hydrogen-bond acceptors (Lipinski definition) is 3. The van der Waals surface area contributed by atoms with Crippen LogP contribution in [0.4, 0.5) is 0 Å². The van der Waals surface area contributed by atoms with Crippen molar-refractivity contribution in [3.05, 3.63) is 35.9 Å². The van der Waals surface area contributed by atoms with Crippen LogP contribution in [0.1, 0.15) is 31.3 Å². The first-order chi connectivity index (χ1) is 8.20. The topological polar surface area (TPSA) is 47.7 Å². The molecule has 5 nitrogen and oxygen atoms in total. The third-order valence-electron chi connectivity index (χ3n) is 2.80. The molecule has 5 heteroatoms. The maximum Gasteiger partial charge on any atom is 0.102 e. The van der Waals surface area contributed by atoms with Crippen molar-refractivity contribution < 1.29 is 0 Å². The van der Waals surface area contributed by atoms with E-state index in [4.69, 9.17) is 0 Å². The molecule has 1 N–H and O–H groups in total. The van der Waals surface area contributed by atoms with Crippen LogP contribution in [0.3, 0.4) is 0 Å². The van der Waals surface area contributed by atoms with Crippen molar-refractivity contribution in [2.75, 3.05) is 6.54 Å². The van der Waals surface area contributed by atoms with Gasteiger partial charge in [-0.25, -0.2) is 0 Å². The minimum absolute atomic E-state index is 0.353. The van der Waals surface area contributed by atoms with Crippen molar-refractivity contribution in [2.24, 2.45) is 7.05 Å². The second kappa shape index (κ2) is 5.14. The number of aromatic nitrogens is 4. The quantitative estimate of drug-likeness (QED) is 0.847. The van der Waals surface area contributed by atoms with Gasteiger partial charge in [0.05, 0.1) is 6.54 Å². The molecule has 0 amide bonds. The first-order valence-corrected chi connectivity index (χ1v) is 5.94. The lowest BCUT2D eigenvalue weighted by molar-refractivity contribution is 0.551. The van der Waals surface area contributed by atoms with Gasteiger partial charge in [-0.1, -0.05) is 12.1 Å². The van der Waals surface area contributed by atoms with Gasteiger partial charge in [-0.2, -0.15) is 0 Å². The highest BCUT2D eigenvalue weighted by Crippen LogP contribution is 2.14. The molecular formula is C12H19N5. The van der Waals surface area contributed by atoms with E-state index in [0.717, 1.165) is 18.8 Å². The maximum absolute atomic E-state index is 4.11. The Bertz CT molecular complexity index is 471. The summed E-state index contributed by atoms with van der Waals surface area (Å²) < 4.78 is 3.93. The zero-order chi connectivity index (χ0) is 12.3. The van der Waals surface area contributed by atoms with E-state index in [1.165, 1.54) is 5.69 Å². The standard InChI is InChI=1S/C12H19N5/c1-4-13-10(2)12-6-5-7-17(12)9-11-8-16(3)15-14-11/h5-8,10,13H,4,9H2,1-3H3. The third-order valence-corrected chi connectivity index (χ3v) is 2.80. The normalized spacial score (nSPS) is 12.9. The Hall–Kier alpha value is -1.62. The zero-order valence-corrected chi connectivity index (χ0v) is 10.6. The summed E-state index contributed by atoms with van der Waals surface area (Å²) in [6.45, 7) is 6.03. The molecule has 2 aromatic rings. The van der Waals surface area contributed by atoms with Gasteiger partial charge in [-0.15, -0.1) is 5.10 Å². The molecule has 0 aromatic carbocycles. The van der Waals surface area contributed by atoms with Crippen LogP contribution in [-0.2, 0) is 13.6 Å². The highest BCUT2D eigenvalue weighted by molar-refractivity contribution is 5.13. The lowest BCUT2D eigenvalue weighted by Gasteiger charge is -2.15. The average molecular weight is 233 g/mol. The van der Waals surface area contributed by atoms with Crippen molar-refractivity contribution in [1.82, 2.24) is 24.9 Å². The molecule has 0 aliphatic carbocycles. The second-order valence-electron chi connectivity index (χ2n) is 4.22. The Kier molecular flexibility index (Phi) is 3.58. The lowest BCUT2D eigenvalue weighted by atomic mass is 10.2. The zero-order valence-electron chi connectivity index (χ0n) is 10.6. The van der Waals surface area contributed by atoms with Gasteiger partial charge in [0.25, 0.3) is 0 Å². The molecule has 0 radical (unpaired) electrons. The summed E-state index contributed by atoms with van der Waals surface area (Å²) in [5.74, 6) is 0. The molecule has 1 atom stereocenters. The van der Waals surface area contributed by atoms with Gasteiger partial charge in [0.1, 0.15) is 5.69 Å². The number of rotatable bonds is 5. The summed E-state index contributed by atoms with van der Waals surface area (Å²) in [6.07, 6.45) is 4.03. The molecule has 2 aromatic heterocycles. The molecule has 0 fully saturated rings. The van der Waals surface area contributed by atoms with E-state index in [0.29, 0.717) is 6.04 Å². The molecular weight excluding hydrogens is 214 g/mol. The Labute approximate surface area is 101 Å². The van der Waals surface area contributed by atoms with E-state index < -0.39 is 0 Å². The van der Waals surface area contributed by atoms with Gasteiger partial charge in [-0.05, 0) is 25.6 Å². The minimum atomic E-state index is 0.353. The minimum Gasteiger partial charge on any atom is -0.344 e. The van der Waals surface area contributed by atoms with Crippen LogP contribution in [-0.4, -0.2) is 26.1 Å². The summed E-state index contributed by atoms with van der Waals surface area (Å²) in [6, 6.07) is 4.56. The predicted octanol–water partition coefficient (Wildman–Crippen LogP) is 1.34. The number of nitrogens with zero attached hydrogens (tertiary/aromatic N) is 4. The van der Waals surface area contributed by atoms with Crippen LogP contribution in [0.5, 0.6) is 0 Å². The molecule has 0 aliphatic rings. The molecule has 0 saturated carbocycles. The van der Waals surface area contributed by atoms with Crippen molar-refractivity contribution >= 4 is 0 Å². The fourth-order valence-electron chi connectivity index (χ4n) is 2.02. The molecule has 0 spiro atoms. The molecule has 0 aliphatic heterocycles. The van der Waals surface area contributed by atoms with Gasteiger partial charge in [0.2, 0.25) is 0 Å². The molecule has 0 bridgehead atoms. The van der Waals surface area contributed by atoms with E-state index in [1.807, 2.05) is 13.2 Å². The van der Waals surface area contributed by atoms with Crippen LogP contribution in [0.15, 0.2) is 24.5 Å². The van der Waals surface area contributed by atoms with E-state index in [-0.39, 0.29) is 0 Å². The average Bonchev–Trinajstić information content (AvgIpc) is 2.89. The van der Waals surface area contributed by atoms with Crippen LogP contribution in [0.25, 0.3) is 0 Å². The summed E-state index contributed by atoms with van der Waals surface area (Å²) in [7, 11) is 1.88. The van der Waals surface area contributed by atoms with Gasteiger partial charge >= 0.3 is 0 Å². The summed E-state index contributed by atoms with van der Waals surface area (Å²) in [5.41, 5.74) is 2.26. The Morgan fingerprint density at radius 1 is 1.47 bits per heavy atom. The highest BCUT2D eigenvalue weighted by atomic mass is 15.4. The van der Waals surface area contributed by atoms with Gasteiger partial charge in [-0.3, -0.25) is 4.68 Å². The number of hydrogen-bond donors (Lipinski definition) is 1. The fourth-order valence-corrected chi connectivity index (χ4v) is 2.02. The van der Waals surface area contributed by atoms with Gasteiger partial charge in [0, 0.05) is 31.2 Å². The van der Waals surface area contributed by atoms with Crippen LogP contribution >= 0.6 is 0 Å². The number of aryl methyl sites for hydroxylation is 1. The Morgan fingerprint density at radius 3 is 2.94 bits per heavy atom. The van der Waals surface area contributed by atoms with E-state index in [2.05, 4.69) is 52.4 Å². The van der Waals surface area contributed by atoms with E-state index >= 15 is 0 Å². The van der Waals surface area contributed by atoms with Crippen molar-refractivity contribution in [3.63, 3.8) is 0 Å². The van der Waals surface area contributed by atoms with E-state index in [1.54, 1.807) is 4.68 Å². The van der Waals surface area contributed by atoms with Gasteiger partial charge in [0.15, 0.2) is 0 Å². The molecule has 2 heterocycles. The number of nitrogens with one attached hydrogen (secondary N) is 1. The third kappa shape index (κ3) is 2.74. The molecule has 17 heavy (non-hydrogen) atoms. The Morgan fingerprint density at radius 2 is 2.29 bits per heavy atom. The largest absolute Gasteiger partial charge is 0.344 e. The van der Waals surface area contributed by atoms with Crippen LogP contribution in [0, 0.1) is 0 Å². The van der Waals surface area contributed by atoms with Gasteiger partial charge < -0.3 is 9.88 Å². The SMILES string of the molecule is CCNC(C)c1cccn1Cc1cn(C)nn1. The molecule has 1 unspecified atom stereocenters. The second-order valence-corrected chi connectivity index (χ2v) is 4.22. The van der Waals surface area contributed by atoms with Crippen molar-refractivity contribution in [3.8, 4) is 0 Å². The van der Waals surface area contributed by atoms with Crippen molar-refractivity contribution in [1.29, 1.82) is 0 Å². The first-order valence-electron chi connectivity index (χ1n) is 5.94. The monoisotopic (exact) mass is 233 g/mol. The summed E-state index contributed by atoms with van der Waals surface area (Å²) >= 11 is 0. The summed E-state index contributed by atoms with van der Waals surface area (Å²) in [4.78, 5) is 0. The smallest absolute Gasteiger partial charge is 0.102 e. The highest BCUT2D eigenvalue weighted by Gasteiger charge is 2.09. The molecule has 0 saturated heterocycles. The molecule has 2 rings (SSSR count). The lowest BCUT2D eigenvalue weighted by Crippen LogP contribution is -2.20. The molecule has 92 valence electrons. The van der Waals surface area contributed by atoms with Crippen LogP contribution < -0.4 is 5.32 Å². The predicted molar refractivity (Wildman–Crippen MR) is 66.6 cm³/mol. The van der Waals surface area contributed by atoms with Crippen molar-refractivity contribution in [2.45, 2.75) is 26.4 Å². The van der Waals surface area contributed by atoms with E-state index in [9.17, 15) is 0 Å². The fraction of sp³-hybridized carbons (Fsp3) is 0.500. The van der Waals surface area contributed by atoms with Crippen LogP contribution in [0.2, 0.25) is 0 Å².